The number of nitrogens with zero attached hydrogens (tertiary/aromatic N) is 3. The van der Waals surface area contributed by atoms with Crippen LogP contribution in [0.4, 0.5) is 0 Å². The fourth-order valence-electron chi connectivity index (χ4n) is 3.87. The molecule has 1 N–H and O–H groups in total. The second kappa shape index (κ2) is 9.35. The van der Waals surface area contributed by atoms with Gasteiger partial charge in [-0.15, -0.1) is 0 Å². The van der Waals surface area contributed by atoms with Crippen LogP contribution < -0.4 is 5.32 Å². The number of piperidine rings is 1. The molecule has 0 atom stereocenters. The van der Waals surface area contributed by atoms with Gasteiger partial charge in [0.1, 0.15) is 0 Å². The van der Waals surface area contributed by atoms with Gasteiger partial charge in [0.15, 0.2) is 0 Å². The third kappa shape index (κ3) is 5.31. The lowest BCUT2D eigenvalue weighted by Gasteiger charge is -2.32. The number of nitrogens with one attached hydrogen (secondary N) is 1. The maximum absolute atomic E-state index is 12.5. The number of benzene rings is 1. The summed E-state index contributed by atoms with van der Waals surface area (Å²) in [4.78, 5) is 14.9. The van der Waals surface area contributed by atoms with Crippen molar-refractivity contribution in [3.8, 4) is 0 Å². The zero-order chi connectivity index (χ0) is 20.1. The van der Waals surface area contributed by atoms with E-state index in [1.165, 1.54) is 54.2 Å². The Morgan fingerprint density at radius 1 is 1.04 bits per heavy atom. The number of hydrogen-bond acceptors (Lipinski definition) is 4. The number of rotatable bonds is 7. The first-order chi connectivity index (χ1) is 13.4. The highest BCUT2D eigenvalue weighted by atomic mass is 32.2. The van der Waals surface area contributed by atoms with Crippen molar-refractivity contribution in [1.29, 1.82) is 0 Å². The first-order valence-corrected chi connectivity index (χ1v) is 11.5. The molecule has 2 heterocycles. The third-order valence-corrected chi connectivity index (χ3v) is 7.65. The number of likely N-dealkylation sites (tertiary alicyclic amines) is 1. The Morgan fingerprint density at radius 2 is 1.61 bits per heavy atom. The second-order valence-electron chi connectivity index (χ2n) is 7.98. The predicted octanol–water partition coefficient (Wildman–Crippen LogP) is 1.42. The van der Waals surface area contributed by atoms with Gasteiger partial charge in [0, 0.05) is 46.2 Å². The Kier molecular flexibility index (Phi) is 7.09. The maximum atomic E-state index is 12.5. The topological polar surface area (TPSA) is 73.0 Å². The first kappa shape index (κ1) is 21.2. The molecule has 0 bridgehead atoms. The average molecular weight is 409 g/mol. The van der Waals surface area contributed by atoms with Gasteiger partial charge in [-0.05, 0) is 49.9 Å². The molecule has 2 aliphatic rings. The molecule has 2 fully saturated rings. The Morgan fingerprint density at radius 3 is 2.18 bits per heavy atom. The average Bonchev–Trinajstić information content (AvgIpc) is 3.20. The number of carbonyl (C=O) groups excluding carboxylic acids is 1. The van der Waals surface area contributed by atoms with Crippen molar-refractivity contribution in [1.82, 2.24) is 18.8 Å². The van der Waals surface area contributed by atoms with E-state index >= 15 is 0 Å². The van der Waals surface area contributed by atoms with Crippen LogP contribution in [0.15, 0.2) is 24.3 Å². The van der Waals surface area contributed by atoms with Crippen LogP contribution in [0, 0.1) is 5.92 Å². The SMILES string of the molecule is CN(C)S(=O)(=O)N1CCC(C(=O)NCc2ccc(CN3CCCC3)cc2)CC1. The normalized spacial score (nSPS) is 20.0. The summed E-state index contributed by atoms with van der Waals surface area (Å²) in [6.45, 7) is 4.67. The van der Waals surface area contributed by atoms with Crippen LogP contribution in [0.3, 0.4) is 0 Å². The maximum Gasteiger partial charge on any atom is 0.281 e. The van der Waals surface area contributed by atoms with E-state index in [2.05, 4.69) is 34.5 Å². The second-order valence-corrected chi connectivity index (χ2v) is 10.1. The molecule has 1 aromatic carbocycles. The van der Waals surface area contributed by atoms with Crippen LogP contribution in [0.5, 0.6) is 0 Å². The van der Waals surface area contributed by atoms with E-state index in [9.17, 15) is 13.2 Å². The van der Waals surface area contributed by atoms with Crippen LogP contribution in [-0.4, -0.2) is 68.1 Å². The quantitative estimate of drug-likeness (QED) is 0.741. The zero-order valence-electron chi connectivity index (χ0n) is 16.9. The van der Waals surface area contributed by atoms with Crippen molar-refractivity contribution in [3.05, 3.63) is 35.4 Å². The molecule has 0 radical (unpaired) electrons. The zero-order valence-corrected chi connectivity index (χ0v) is 17.7. The van der Waals surface area contributed by atoms with Gasteiger partial charge in [0.25, 0.3) is 10.2 Å². The molecule has 1 aromatic rings. The summed E-state index contributed by atoms with van der Waals surface area (Å²) in [6, 6.07) is 8.45. The highest BCUT2D eigenvalue weighted by Crippen LogP contribution is 2.21. The molecule has 2 saturated heterocycles. The number of carbonyl (C=O) groups is 1. The van der Waals surface area contributed by atoms with E-state index in [0.29, 0.717) is 32.5 Å². The summed E-state index contributed by atoms with van der Waals surface area (Å²) >= 11 is 0. The van der Waals surface area contributed by atoms with Crippen molar-refractivity contribution in [2.75, 3.05) is 40.3 Å². The van der Waals surface area contributed by atoms with Crippen LogP contribution in [0.25, 0.3) is 0 Å². The van der Waals surface area contributed by atoms with Gasteiger partial charge < -0.3 is 5.32 Å². The molecule has 1 amide bonds. The molecular formula is C20H32N4O3S. The van der Waals surface area contributed by atoms with Gasteiger partial charge in [-0.25, -0.2) is 0 Å². The number of amides is 1. The molecular weight excluding hydrogens is 376 g/mol. The molecule has 0 spiro atoms. The third-order valence-electron chi connectivity index (χ3n) is 5.71. The van der Waals surface area contributed by atoms with Gasteiger partial charge in [0.05, 0.1) is 0 Å². The minimum Gasteiger partial charge on any atom is -0.352 e. The Hall–Kier alpha value is -1.48. The molecule has 2 aliphatic heterocycles. The predicted molar refractivity (Wildman–Crippen MR) is 110 cm³/mol. The van der Waals surface area contributed by atoms with Crippen molar-refractivity contribution in [3.63, 3.8) is 0 Å². The first-order valence-electron chi connectivity index (χ1n) is 10.1. The molecule has 0 saturated carbocycles. The fourth-order valence-corrected chi connectivity index (χ4v) is 5.01. The van der Waals surface area contributed by atoms with Gasteiger partial charge in [-0.2, -0.15) is 17.0 Å². The molecule has 28 heavy (non-hydrogen) atoms. The molecule has 156 valence electrons. The van der Waals surface area contributed by atoms with E-state index in [-0.39, 0.29) is 11.8 Å². The minimum atomic E-state index is -3.39. The van der Waals surface area contributed by atoms with Crippen molar-refractivity contribution < 1.29 is 13.2 Å². The van der Waals surface area contributed by atoms with E-state index < -0.39 is 10.2 Å². The van der Waals surface area contributed by atoms with E-state index in [0.717, 1.165) is 12.1 Å². The summed E-state index contributed by atoms with van der Waals surface area (Å²) < 4.78 is 27.0. The summed E-state index contributed by atoms with van der Waals surface area (Å²) in [5, 5.41) is 3.01. The standard InChI is InChI=1S/C20H32N4O3S/c1-22(2)28(26,27)24-13-9-19(10-14-24)20(25)21-15-17-5-7-18(8-6-17)16-23-11-3-4-12-23/h5-8,19H,3-4,9-16H2,1-2H3,(H,21,25). The van der Waals surface area contributed by atoms with Crippen LogP contribution in [0.1, 0.15) is 36.8 Å². The molecule has 0 unspecified atom stereocenters. The van der Waals surface area contributed by atoms with Crippen LogP contribution in [-0.2, 0) is 28.1 Å². The largest absolute Gasteiger partial charge is 0.352 e. The van der Waals surface area contributed by atoms with Crippen molar-refractivity contribution in [2.24, 2.45) is 5.92 Å². The highest BCUT2D eigenvalue weighted by Gasteiger charge is 2.32. The molecule has 3 rings (SSSR count). The van der Waals surface area contributed by atoms with E-state index in [1.54, 1.807) is 0 Å². The van der Waals surface area contributed by atoms with Crippen LogP contribution in [0.2, 0.25) is 0 Å². The molecule has 0 aliphatic carbocycles. The molecule has 0 aromatic heterocycles. The lowest BCUT2D eigenvalue weighted by atomic mass is 9.97. The minimum absolute atomic E-state index is 0.0167. The summed E-state index contributed by atoms with van der Waals surface area (Å²) in [6.07, 6.45) is 3.72. The van der Waals surface area contributed by atoms with Crippen molar-refractivity contribution in [2.45, 2.75) is 38.8 Å². The van der Waals surface area contributed by atoms with E-state index in [4.69, 9.17) is 0 Å². The van der Waals surface area contributed by atoms with E-state index in [1.807, 2.05) is 0 Å². The highest BCUT2D eigenvalue weighted by molar-refractivity contribution is 7.86. The van der Waals surface area contributed by atoms with Gasteiger partial charge in [-0.3, -0.25) is 9.69 Å². The Bertz CT molecular complexity index is 750. The Balaban J connectivity index is 1.43. The Labute approximate surface area is 168 Å². The number of hydrogen-bond donors (Lipinski definition) is 1. The molecule has 8 heteroatoms. The lowest BCUT2D eigenvalue weighted by molar-refractivity contribution is -0.126. The van der Waals surface area contributed by atoms with Crippen LogP contribution >= 0.6 is 0 Å². The summed E-state index contributed by atoms with van der Waals surface area (Å²) in [5.41, 5.74) is 2.40. The summed E-state index contributed by atoms with van der Waals surface area (Å²) in [5.74, 6) is -0.105. The summed E-state index contributed by atoms with van der Waals surface area (Å²) in [7, 11) is -0.321. The fraction of sp³-hybridized carbons (Fsp3) is 0.650. The smallest absolute Gasteiger partial charge is 0.281 e. The molecule has 7 nitrogen and oxygen atoms in total. The van der Waals surface area contributed by atoms with Gasteiger partial charge >= 0.3 is 0 Å². The lowest BCUT2D eigenvalue weighted by Crippen LogP contribution is -2.46. The van der Waals surface area contributed by atoms with Gasteiger partial charge in [-0.1, -0.05) is 24.3 Å². The van der Waals surface area contributed by atoms with Crippen molar-refractivity contribution >= 4 is 16.1 Å². The monoisotopic (exact) mass is 408 g/mol. The van der Waals surface area contributed by atoms with Gasteiger partial charge in [0.2, 0.25) is 5.91 Å².